The number of carbonyl (C=O) groups is 2. The van der Waals surface area contributed by atoms with Crippen molar-refractivity contribution in [1.82, 2.24) is 0 Å². The quantitative estimate of drug-likeness (QED) is 0.516. The van der Waals surface area contributed by atoms with E-state index in [1.54, 1.807) is 30.3 Å². The molecule has 0 heterocycles. The zero-order valence-electron chi connectivity index (χ0n) is 10.8. The highest BCUT2D eigenvalue weighted by Crippen LogP contribution is 2.20. The highest BCUT2D eigenvalue weighted by Gasteiger charge is 2.31. The van der Waals surface area contributed by atoms with Gasteiger partial charge in [0.2, 0.25) is 0 Å². The summed E-state index contributed by atoms with van der Waals surface area (Å²) in [4.78, 5) is 33.1. The zero-order chi connectivity index (χ0) is 15.4. The lowest BCUT2D eigenvalue weighted by atomic mass is 9.99. The van der Waals surface area contributed by atoms with Crippen LogP contribution in [0.1, 0.15) is 27.5 Å². The van der Waals surface area contributed by atoms with Gasteiger partial charge in [0.15, 0.2) is 5.78 Å². The molecule has 0 bridgehead atoms. The van der Waals surface area contributed by atoms with Gasteiger partial charge in [-0.15, -0.1) is 0 Å². The van der Waals surface area contributed by atoms with E-state index in [0.717, 1.165) is 0 Å². The summed E-state index contributed by atoms with van der Waals surface area (Å²) in [6.07, 6.45) is 0. The first-order valence-electron chi connectivity index (χ1n) is 6.06. The van der Waals surface area contributed by atoms with Crippen LogP contribution in [0.4, 0.5) is 0 Å². The Morgan fingerprint density at radius 1 is 1.00 bits per heavy atom. The largest absolute Gasteiger partial charge is 0.476 e. The minimum atomic E-state index is -1.88. The molecule has 0 aliphatic heterocycles. The number of carbonyl (C=O) groups excluding carboxylic acids is 1. The van der Waals surface area contributed by atoms with Gasteiger partial charge in [-0.25, -0.2) is 4.79 Å². The fraction of sp³-hybridized carbons (Fsp3) is 0.0667. The van der Waals surface area contributed by atoms with Crippen LogP contribution in [0.3, 0.4) is 0 Å². The molecule has 106 valence electrons. The van der Waals surface area contributed by atoms with E-state index in [-0.39, 0.29) is 16.9 Å². The van der Waals surface area contributed by atoms with Gasteiger partial charge in [0.25, 0.3) is 0 Å². The van der Waals surface area contributed by atoms with Crippen LogP contribution in [-0.4, -0.2) is 21.8 Å². The first-order valence-corrected chi connectivity index (χ1v) is 6.06. The number of hydrogen-bond acceptors (Lipinski definition) is 4. The minimum absolute atomic E-state index is 0.0331. The molecule has 0 spiro atoms. The average molecular weight is 285 g/mol. The summed E-state index contributed by atoms with van der Waals surface area (Å²) in [5.41, 5.74) is 0.615. The Morgan fingerprint density at radius 3 is 2.19 bits per heavy atom. The Labute approximate surface area is 119 Å². The van der Waals surface area contributed by atoms with Crippen molar-refractivity contribution in [3.8, 4) is 0 Å². The predicted molar refractivity (Wildman–Crippen MR) is 73.7 cm³/mol. The van der Waals surface area contributed by atoms with E-state index in [2.05, 4.69) is 0 Å². The van der Waals surface area contributed by atoms with Gasteiger partial charge < -0.3 is 5.11 Å². The number of aliphatic carboxylic acids is 1. The van der Waals surface area contributed by atoms with Gasteiger partial charge in [0, 0.05) is 21.6 Å². The molecule has 6 nitrogen and oxygen atoms in total. The fourth-order valence-corrected chi connectivity index (χ4v) is 1.96. The highest BCUT2D eigenvalue weighted by atomic mass is 16.6. The topological polar surface area (TPSA) is 97.5 Å². The van der Waals surface area contributed by atoms with Gasteiger partial charge in [0.05, 0.1) is 0 Å². The second-order valence-electron chi connectivity index (χ2n) is 4.35. The van der Waals surface area contributed by atoms with Crippen molar-refractivity contribution in [2.45, 2.75) is 6.04 Å². The van der Waals surface area contributed by atoms with Crippen LogP contribution in [0.2, 0.25) is 0 Å². The molecule has 0 aliphatic rings. The molecule has 0 aromatic heterocycles. The third-order valence-electron chi connectivity index (χ3n) is 2.95. The van der Waals surface area contributed by atoms with Gasteiger partial charge in [-0.05, 0) is 6.07 Å². The lowest BCUT2D eigenvalue weighted by Gasteiger charge is -2.07. The number of carboxylic acid groups (broad SMARTS) is 1. The van der Waals surface area contributed by atoms with Crippen LogP contribution < -0.4 is 0 Å². The lowest BCUT2D eigenvalue weighted by molar-refractivity contribution is -0.516. The molecular formula is C15H11NO5. The molecule has 0 saturated carbocycles. The summed E-state index contributed by atoms with van der Waals surface area (Å²) in [7, 11) is 0. The Kier molecular flexibility index (Phi) is 4.08. The van der Waals surface area contributed by atoms with Gasteiger partial charge in [0.1, 0.15) is 0 Å². The van der Waals surface area contributed by atoms with Crippen LogP contribution in [0.25, 0.3) is 0 Å². The van der Waals surface area contributed by atoms with Crippen molar-refractivity contribution in [2.75, 3.05) is 0 Å². The summed E-state index contributed by atoms with van der Waals surface area (Å²) in [5.74, 6) is -1.88. The number of benzene rings is 2. The second-order valence-corrected chi connectivity index (χ2v) is 4.35. The van der Waals surface area contributed by atoms with Crippen LogP contribution >= 0.6 is 0 Å². The van der Waals surface area contributed by atoms with Crippen molar-refractivity contribution in [1.29, 1.82) is 0 Å². The first-order chi connectivity index (χ1) is 10.0. The van der Waals surface area contributed by atoms with E-state index < -0.39 is 16.9 Å². The van der Waals surface area contributed by atoms with Crippen molar-refractivity contribution in [2.24, 2.45) is 0 Å². The predicted octanol–water partition coefficient (Wildman–Crippen LogP) is 2.32. The van der Waals surface area contributed by atoms with Crippen LogP contribution in [0.15, 0.2) is 54.6 Å². The van der Waals surface area contributed by atoms with E-state index in [4.69, 9.17) is 5.11 Å². The number of ketones is 1. The number of carboxylic acids is 1. The molecule has 1 N–H and O–H groups in total. The SMILES string of the molecule is O=C(c1ccccc1)c1cccc(C(C(=O)O)[N+](=O)[O-])c1. The van der Waals surface area contributed by atoms with Crippen LogP contribution in [0, 0.1) is 10.1 Å². The van der Waals surface area contributed by atoms with Crippen LogP contribution in [-0.2, 0) is 4.79 Å². The van der Waals surface area contributed by atoms with E-state index in [1.807, 2.05) is 0 Å². The molecule has 2 aromatic carbocycles. The normalized spacial score (nSPS) is 11.6. The molecule has 1 unspecified atom stereocenters. The van der Waals surface area contributed by atoms with Gasteiger partial charge in [-0.3, -0.25) is 14.9 Å². The molecule has 0 amide bonds. The van der Waals surface area contributed by atoms with E-state index in [1.165, 1.54) is 24.3 Å². The third kappa shape index (κ3) is 3.11. The number of hydrogen-bond donors (Lipinski definition) is 1. The Balaban J connectivity index is 2.40. The maximum absolute atomic E-state index is 12.2. The highest BCUT2D eigenvalue weighted by molar-refractivity contribution is 6.09. The Bertz CT molecular complexity index is 682. The molecule has 0 radical (unpaired) electrons. The van der Waals surface area contributed by atoms with Gasteiger partial charge in [-0.1, -0.05) is 48.5 Å². The van der Waals surface area contributed by atoms with Crippen molar-refractivity contribution < 1.29 is 19.6 Å². The fourth-order valence-electron chi connectivity index (χ4n) is 1.96. The standard InChI is InChI=1S/C15H11NO5/c17-14(10-5-2-1-3-6-10)12-8-4-7-11(9-12)13(15(18)19)16(20)21/h1-9,13H,(H,18,19). The maximum Gasteiger partial charge on any atom is 0.384 e. The summed E-state index contributed by atoms with van der Waals surface area (Å²) in [5, 5.41) is 19.7. The minimum Gasteiger partial charge on any atom is -0.476 e. The molecule has 0 saturated heterocycles. The van der Waals surface area contributed by atoms with E-state index >= 15 is 0 Å². The number of nitro groups is 1. The summed E-state index contributed by atoms with van der Waals surface area (Å²) < 4.78 is 0. The van der Waals surface area contributed by atoms with E-state index in [9.17, 15) is 19.7 Å². The molecule has 1 atom stereocenters. The number of rotatable bonds is 5. The van der Waals surface area contributed by atoms with Gasteiger partial charge in [-0.2, -0.15) is 0 Å². The Hall–Kier alpha value is -3.02. The maximum atomic E-state index is 12.2. The van der Waals surface area contributed by atoms with Crippen molar-refractivity contribution in [3.63, 3.8) is 0 Å². The van der Waals surface area contributed by atoms with E-state index in [0.29, 0.717) is 5.56 Å². The Morgan fingerprint density at radius 2 is 1.62 bits per heavy atom. The summed E-state index contributed by atoms with van der Waals surface area (Å²) >= 11 is 0. The molecule has 0 fully saturated rings. The second kappa shape index (κ2) is 5.96. The van der Waals surface area contributed by atoms with Gasteiger partial charge >= 0.3 is 12.0 Å². The summed E-state index contributed by atoms with van der Waals surface area (Å²) in [6, 6.07) is 12.0. The summed E-state index contributed by atoms with van der Waals surface area (Å²) in [6.45, 7) is 0. The molecule has 2 rings (SSSR count). The van der Waals surface area contributed by atoms with Crippen molar-refractivity contribution in [3.05, 3.63) is 81.4 Å². The van der Waals surface area contributed by atoms with Crippen molar-refractivity contribution >= 4 is 11.8 Å². The lowest BCUT2D eigenvalue weighted by Crippen LogP contribution is -2.20. The molecule has 2 aromatic rings. The first kappa shape index (κ1) is 14.4. The monoisotopic (exact) mass is 285 g/mol. The molecule has 0 aliphatic carbocycles. The molecule has 21 heavy (non-hydrogen) atoms. The average Bonchev–Trinajstić information content (AvgIpc) is 2.47. The van der Waals surface area contributed by atoms with Crippen LogP contribution in [0.5, 0.6) is 0 Å². The number of nitrogens with zero attached hydrogens (tertiary/aromatic N) is 1. The zero-order valence-corrected chi connectivity index (χ0v) is 10.8. The smallest absolute Gasteiger partial charge is 0.384 e. The molecular weight excluding hydrogens is 274 g/mol. The molecule has 6 heteroatoms. The third-order valence-corrected chi connectivity index (χ3v) is 2.95.